The molecule has 0 saturated heterocycles. The number of allylic oxidation sites excluding steroid dienone is 1. The molecule has 2 atom stereocenters. The van der Waals surface area contributed by atoms with Crippen molar-refractivity contribution >= 4 is 40.8 Å². The highest BCUT2D eigenvalue weighted by Crippen LogP contribution is 2.31. The number of nitrogens with one attached hydrogen (secondary N) is 2. The molecule has 0 aliphatic rings. The maximum Gasteiger partial charge on any atom is 0.412 e. The lowest BCUT2D eigenvalue weighted by Gasteiger charge is -2.24. The van der Waals surface area contributed by atoms with E-state index in [2.05, 4.69) is 10.6 Å². The van der Waals surface area contributed by atoms with Crippen molar-refractivity contribution in [3.05, 3.63) is 90.5 Å². The maximum atomic E-state index is 12.7. The molecule has 0 aliphatic heterocycles. The molecule has 5 N–H and O–H groups in total. The summed E-state index contributed by atoms with van der Waals surface area (Å²) in [6.07, 6.45) is 5.41. The molecule has 0 fully saturated rings. The van der Waals surface area contributed by atoms with Crippen molar-refractivity contribution in [2.45, 2.75) is 30.8 Å². The van der Waals surface area contributed by atoms with Crippen molar-refractivity contribution < 1.29 is 19.4 Å². The van der Waals surface area contributed by atoms with E-state index < -0.39 is 12.2 Å². The largest absolute Gasteiger partial charge is 0.508 e. The number of phenols is 1. The zero-order chi connectivity index (χ0) is 25.9. The molecule has 0 aromatic heterocycles. The van der Waals surface area contributed by atoms with Crippen molar-refractivity contribution in [2.24, 2.45) is 5.92 Å². The number of carbonyl (C=O) groups excluding carboxylic acids is 2. The Balaban J connectivity index is 1.60. The van der Waals surface area contributed by atoms with Crippen LogP contribution >= 0.6 is 11.8 Å². The van der Waals surface area contributed by atoms with Gasteiger partial charge >= 0.3 is 6.09 Å². The highest BCUT2D eigenvalue weighted by Gasteiger charge is 2.23. The number of phenolic OH excluding ortho intramolecular Hbond substituents is 1. The molecule has 36 heavy (non-hydrogen) atoms. The number of nitrogens with two attached hydrogens (primary N) is 1. The minimum atomic E-state index is -0.563. The summed E-state index contributed by atoms with van der Waals surface area (Å²) in [5, 5.41) is 15.2. The van der Waals surface area contributed by atoms with E-state index in [-0.39, 0.29) is 17.6 Å². The summed E-state index contributed by atoms with van der Waals surface area (Å²) < 4.78 is 5.81. The fourth-order valence-corrected chi connectivity index (χ4v) is 4.01. The topological polar surface area (TPSA) is 114 Å². The van der Waals surface area contributed by atoms with E-state index in [0.29, 0.717) is 29.9 Å². The van der Waals surface area contributed by atoms with Gasteiger partial charge in [0.2, 0.25) is 5.91 Å². The zero-order valence-electron chi connectivity index (χ0n) is 20.3. The van der Waals surface area contributed by atoms with Gasteiger partial charge in [-0.05, 0) is 85.2 Å². The van der Waals surface area contributed by atoms with Crippen LogP contribution in [0.5, 0.6) is 5.75 Å². The molecule has 3 aromatic rings. The third-order valence-corrected chi connectivity index (χ3v) is 6.33. The molecule has 0 saturated carbocycles. The molecule has 0 radical (unpaired) electrons. The highest BCUT2D eigenvalue weighted by atomic mass is 32.2. The van der Waals surface area contributed by atoms with E-state index in [1.165, 1.54) is 6.08 Å². The minimum absolute atomic E-state index is 0.0587. The summed E-state index contributed by atoms with van der Waals surface area (Å²) in [4.78, 5) is 26.0. The second-order valence-electron chi connectivity index (χ2n) is 8.30. The van der Waals surface area contributed by atoms with Gasteiger partial charge in [0.05, 0.1) is 11.4 Å². The SMILES string of the molecule is CSc1ccc(NC(=O)O[C@@H](c2ccc(O)cc2)[C@H](C)CC/C=C/C(=O)Nc2ccccc2N)cc1. The van der Waals surface area contributed by atoms with Crippen LogP contribution in [0, 0.1) is 5.92 Å². The van der Waals surface area contributed by atoms with Crippen LogP contribution in [-0.2, 0) is 9.53 Å². The summed E-state index contributed by atoms with van der Waals surface area (Å²) in [5.74, 6) is -0.188. The number of nitrogen functional groups attached to an aromatic ring is 1. The van der Waals surface area contributed by atoms with Crippen LogP contribution in [0.1, 0.15) is 31.4 Å². The van der Waals surface area contributed by atoms with Gasteiger partial charge in [-0.15, -0.1) is 11.8 Å². The number of benzene rings is 3. The normalized spacial score (nSPS) is 12.6. The molecular weight excluding hydrogens is 474 g/mol. The Bertz CT molecular complexity index is 1180. The van der Waals surface area contributed by atoms with Crippen LogP contribution in [0.3, 0.4) is 0 Å². The number of para-hydroxylation sites is 2. The first-order valence-corrected chi connectivity index (χ1v) is 12.8. The smallest absolute Gasteiger partial charge is 0.412 e. The van der Waals surface area contributed by atoms with Crippen LogP contribution in [0.2, 0.25) is 0 Å². The van der Waals surface area contributed by atoms with Crippen molar-refractivity contribution in [3.8, 4) is 5.75 Å². The average molecular weight is 506 g/mol. The number of hydrogen-bond acceptors (Lipinski definition) is 6. The Morgan fingerprint density at radius 2 is 1.72 bits per heavy atom. The first-order valence-electron chi connectivity index (χ1n) is 11.6. The third kappa shape index (κ3) is 8.09. The van der Waals surface area contributed by atoms with Crippen molar-refractivity contribution in [1.82, 2.24) is 0 Å². The molecule has 0 heterocycles. The number of aromatic hydroxyl groups is 1. The minimum Gasteiger partial charge on any atom is -0.508 e. The molecule has 0 unspecified atom stereocenters. The molecule has 0 aliphatic carbocycles. The predicted molar refractivity (Wildman–Crippen MR) is 146 cm³/mol. The lowest BCUT2D eigenvalue weighted by Crippen LogP contribution is -2.22. The number of rotatable bonds is 10. The summed E-state index contributed by atoms with van der Waals surface area (Å²) >= 11 is 1.62. The zero-order valence-corrected chi connectivity index (χ0v) is 21.1. The number of amides is 2. The monoisotopic (exact) mass is 505 g/mol. The second kappa shape index (κ2) is 13.3. The Hall–Kier alpha value is -3.91. The van der Waals surface area contributed by atoms with Gasteiger partial charge in [0.1, 0.15) is 11.9 Å². The molecule has 0 spiro atoms. The Morgan fingerprint density at radius 1 is 1.03 bits per heavy atom. The molecular formula is C28H31N3O4S. The molecule has 8 heteroatoms. The first-order chi connectivity index (χ1) is 17.4. The van der Waals surface area contributed by atoms with Gasteiger partial charge in [-0.1, -0.05) is 37.3 Å². The average Bonchev–Trinajstić information content (AvgIpc) is 2.87. The maximum absolute atomic E-state index is 12.7. The van der Waals surface area contributed by atoms with E-state index in [9.17, 15) is 14.7 Å². The van der Waals surface area contributed by atoms with Crippen molar-refractivity contribution in [2.75, 3.05) is 22.6 Å². The number of thioether (sulfide) groups is 1. The Labute approximate surface area is 215 Å². The molecule has 0 bridgehead atoms. The standard InChI is InChI=1S/C28H31N3O4S/c1-19(7-3-6-10-26(33)31-25-9-5-4-8-24(25)29)27(20-11-15-22(32)16-12-20)35-28(34)30-21-13-17-23(36-2)18-14-21/h4-6,8-19,27,32H,3,7,29H2,1-2H3,(H,30,34)(H,31,33)/b10-6+/t19-,27-/m1/s1. The summed E-state index contributed by atoms with van der Waals surface area (Å²) in [5.41, 5.74) is 8.34. The van der Waals surface area contributed by atoms with Gasteiger partial charge < -0.3 is 20.9 Å². The van der Waals surface area contributed by atoms with E-state index in [0.717, 1.165) is 10.5 Å². The summed E-state index contributed by atoms with van der Waals surface area (Å²) in [7, 11) is 0. The molecule has 7 nitrogen and oxygen atoms in total. The van der Waals surface area contributed by atoms with Crippen LogP contribution in [0.25, 0.3) is 0 Å². The molecule has 3 aromatic carbocycles. The van der Waals surface area contributed by atoms with E-state index >= 15 is 0 Å². The van der Waals surface area contributed by atoms with Gasteiger partial charge in [-0.2, -0.15) is 0 Å². The van der Waals surface area contributed by atoms with Crippen LogP contribution in [0.4, 0.5) is 21.9 Å². The summed E-state index contributed by atoms with van der Waals surface area (Å²) in [6.45, 7) is 1.98. The van der Waals surface area contributed by atoms with E-state index in [4.69, 9.17) is 10.5 Å². The number of anilines is 3. The lowest BCUT2D eigenvalue weighted by atomic mass is 9.93. The van der Waals surface area contributed by atoms with Crippen LogP contribution in [0.15, 0.2) is 89.8 Å². The second-order valence-corrected chi connectivity index (χ2v) is 9.18. The van der Waals surface area contributed by atoms with Crippen LogP contribution < -0.4 is 16.4 Å². The van der Waals surface area contributed by atoms with Crippen LogP contribution in [-0.4, -0.2) is 23.4 Å². The van der Waals surface area contributed by atoms with Gasteiger partial charge in [0, 0.05) is 10.6 Å². The van der Waals surface area contributed by atoms with E-state index in [1.807, 2.05) is 37.4 Å². The van der Waals surface area contributed by atoms with E-state index in [1.54, 1.807) is 66.4 Å². The van der Waals surface area contributed by atoms with Crippen molar-refractivity contribution in [3.63, 3.8) is 0 Å². The predicted octanol–water partition coefficient (Wildman–Crippen LogP) is 6.60. The number of ether oxygens (including phenoxy) is 1. The van der Waals surface area contributed by atoms with Gasteiger partial charge in [-0.25, -0.2) is 4.79 Å². The molecule has 2 amide bonds. The molecule has 188 valence electrons. The highest BCUT2D eigenvalue weighted by molar-refractivity contribution is 7.98. The molecule has 3 rings (SSSR count). The van der Waals surface area contributed by atoms with Gasteiger partial charge in [0.25, 0.3) is 0 Å². The number of hydrogen-bond donors (Lipinski definition) is 4. The lowest BCUT2D eigenvalue weighted by molar-refractivity contribution is -0.111. The van der Waals surface area contributed by atoms with Crippen molar-refractivity contribution in [1.29, 1.82) is 0 Å². The number of carbonyl (C=O) groups is 2. The Morgan fingerprint density at radius 3 is 2.39 bits per heavy atom. The fraction of sp³-hybridized carbons (Fsp3) is 0.214. The first kappa shape index (κ1) is 26.7. The third-order valence-electron chi connectivity index (χ3n) is 5.59. The van der Waals surface area contributed by atoms with Gasteiger partial charge in [-0.3, -0.25) is 10.1 Å². The Kier molecular flexibility index (Phi) is 9.82. The summed E-state index contributed by atoms with van der Waals surface area (Å²) in [6, 6.07) is 21.2. The van der Waals surface area contributed by atoms with Gasteiger partial charge in [0.15, 0.2) is 0 Å². The fourth-order valence-electron chi connectivity index (χ4n) is 3.60. The quantitative estimate of drug-likeness (QED) is 0.140.